The molecule has 2 aliphatic rings. The predicted octanol–water partition coefficient (Wildman–Crippen LogP) is 0.478. The lowest BCUT2D eigenvalue weighted by atomic mass is 10.2. The van der Waals surface area contributed by atoms with Crippen molar-refractivity contribution in [3.63, 3.8) is 0 Å². The van der Waals surface area contributed by atoms with Gasteiger partial charge >= 0.3 is 0 Å². The molecule has 0 atom stereocenters. The molecule has 1 amide bonds. The zero-order valence-corrected chi connectivity index (χ0v) is 14.8. The molecule has 3 rings (SSSR count). The average molecular weight is 352 g/mol. The monoisotopic (exact) mass is 352 g/mol. The van der Waals surface area contributed by atoms with Gasteiger partial charge in [0.2, 0.25) is 10.0 Å². The van der Waals surface area contributed by atoms with Crippen molar-refractivity contribution >= 4 is 21.6 Å². The minimum Gasteiger partial charge on any atom is -0.327 e. The van der Waals surface area contributed by atoms with Crippen LogP contribution in [0.1, 0.15) is 32.1 Å². The van der Waals surface area contributed by atoms with E-state index in [0.717, 1.165) is 32.4 Å². The largest absolute Gasteiger partial charge is 0.327 e. The topological polar surface area (TPSA) is 70.9 Å². The zero-order chi connectivity index (χ0) is 17.0. The highest BCUT2D eigenvalue weighted by Crippen LogP contribution is 2.21. The Kier molecular flexibility index (Phi) is 5.53. The number of rotatable bonds is 5. The van der Waals surface area contributed by atoms with Crippen molar-refractivity contribution in [2.75, 3.05) is 38.0 Å². The standard InChI is InChI=1S/C17H25N3O3S/c21-17(14-19-10-4-5-11-19)18-15-6-8-16(9-7-15)24(22,23)20-12-2-1-3-13-20/h6-9H,1-5,10-14H2,(H,18,21)/p+1. The van der Waals surface area contributed by atoms with Gasteiger partial charge in [0.15, 0.2) is 6.54 Å². The number of anilines is 1. The van der Waals surface area contributed by atoms with Crippen molar-refractivity contribution in [1.29, 1.82) is 0 Å². The Morgan fingerprint density at radius 2 is 1.62 bits per heavy atom. The Balaban J connectivity index is 1.61. The summed E-state index contributed by atoms with van der Waals surface area (Å²) in [6.45, 7) is 3.79. The van der Waals surface area contributed by atoms with Crippen LogP contribution in [0.4, 0.5) is 5.69 Å². The van der Waals surface area contributed by atoms with E-state index in [0.29, 0.717) is 30.2 Å². The first-order valence-corrected chi connectivity index (χ1v) is 10.2. The number of sulfonamides is 1. The van der Waals surface area contributed by atoms with Crippen molar-refractivity contribution < 1.29 is 18.1 Å². The van der Waals surface area contributed by atoms with E-state index >= 15 is 0 Å². The maximum Gasteiger partial charge on any atom is 0.279 e. The Labute approximate surface area is 143 Å². The van der Waals surface area contributed by atoms with Gasteiger partial charge < -0.3 is 10.2 Å². The lowest BCUT2D eigenvalue weighted by Gasteiger charge is -2.25. The number of nitrogens with one attached hydrogen (secondary N) is 2. The van der Waals surface area contributed by atoms with Crippen LogP contribution in [0.3, 0.4) is 0 Å². The normalized spacial score (nSPS) is 20.2. The first-order valence-electron chi connectivity index (χ1n) is 8.79. The first kappa shape index (κ1) is 17.4. The van der Waals surface area contributed by atoms with Gasteiger partial charge in [0.05, 0.1) is 18.0 Å². The molecule has 0 radical (unpaired) electrons. The van der Waals surface area contributed by atoms with Crippen LogP contribution < -0.4 is 10.2 Å². The number of hydrogen-bond donors (Lipinski definition) is 2. The summed E-state index contributed by atoms with van der Waals surface area (Å²) < 4.78 is 26.7. The second kappa shape index (κ2) is 7.63. The van der Waals surface area contributed by atoms with Crippen molar-refractivity contribution in [2.24, 2.45) is 0 Å². The highest BCUT2D eigenvalue weighted by atomic mass is 32.2. The van der Waals surface area contributed by atoms with Gasteiger partial charge in [-0.25, -0.2) is 8.42 Å². The Morgan fingerprint density at radius 3 is 2.25 bits per heavy atom. The molecule has 0 saturated carbocycles. The van der Waals surface area contributed by atoms with Gasteiger partial charge in [-0.15, -0.1) is 0 Å². The van der Waals surface area contributed by atoms with Gasteiger partial charge in [-0.3, -0.25) is 4.79 Å². The minimum absolute atomic E-state index is 0.0152. The average Bonchev–Trinajstić information content (AvgIpc) is 3.09. The summed E-state index contributed by atoms with van der Waals surface area (Å²) in [5, 5.41) is 2.86. The second-order valence-corrected chi connectivity index (χ2v) is 8.61. The van der Waals surface area contributed by atoms with Crippen molar-refractivity contribution in [3.8, 4) is 0 Å². The molecule has 1 aromatic carbocycles. The number of carbonyl (C=O) groups excluding carboxylic acids is 1. The number of likely N-dealkylation sites (tertiary alicyclic amines) is 1. The fourth-order valence-electron chi connectivity index (χ4n) is 3.45. The highest BCUT2D eigenvalue weighted by Gasteiger charge is 2.25. The van der Waals surface area contributed by atoms with E-state index in [-0.39, 0.29) is 5.91 Å². The van der Waals surface area contributed by atoms with Crippen molar-refractivity contribution in [1.82, 2.24) is 4.31 Å². The van der Waals surface area contributed by atoms with E-state index in [2.05, 4.69) is 5.32 Å². The minimum atomic E-state index is -3.41. The maximum absolute atomic E-state index is 12.6. The van der Waals surface area contributed by atoms with E-state index < -0.39 is 10.0 Å². The lowest BCUT2D eigenvalue weighted by Crippen LogP contribution is -3.11. The van der Waals surface area contributed by atoms with Crippen LogP contribution >= 0.6 is 0 Å². The van der Waals surface area contributed by atoms with Gasteiger partial charge in [0.1, 0.15) is 0 Å². The van der Waals surface area contributed by atoms with Gasteiger partial charge in [0, 0.05) is 31.6 Å². The van der Waals surface area contributed by atoms with Gasteiger partial charge in [-0.2, -0.15) is 4.31 Å². The van der Waals surface area contributed by atoms with E-state index in [9.17, 15) is 13.2 Å². The molecule has 0 bridgehead atoms. The molecule has 2 heterocycles. The number of piperidine rings is 1. The molecule has 0 unspecified atom stereocenters. The van der Waals surface area contributed by atoms with Crippen LogP contribution in [0, 0.1) is 0 Å². The fourth-order valence-corrected chi connectivity index (χ4v) is 4.97. The van der Waals surface area contributed by atoms with Gasteiger partial charge in [0.25, 0.3) is 5.91 Å². The SMILES string of the molecule is O=C(C[NH+]1CCCC1)Nc1ccc(S(=O)(=O)N2CCCCC2)cc1. The van der Waals surface area contributed by atoms with Crippen LogP contribution in [-0.2, 0) is 14.8 Å². The lowest BCUT2D eigenvalue weighted by molar-refractivity contribution is -0.878. The van der Waals surface area contributed by atoms with Crippen molar-refractivity contribution in [2.45, 2.75) is 37.0 Å². The molecule has 6 nitrogen and oxygen atoms in total. The summed E-state index contributed by atoms with van der Waals surface area (Å²) in [5.41, 5.74) is 0.649. The first-order chi connectivity index (χ1) is 11.6. The third kappa shape index (κ3) is 4.15. The summed E-state index contributed by atoms with van der Waals surface area (Å²) in [6, 6.07) is 6.52. The maximum atomic E-state index is 12.6. The smallest absolute Gasteiger partial charge is 0.279 e. The Morgan fingerprint density at radius 1 is 1.00 bits per heavy atom. The third-order valence-corrected chi connectivity index (χ3v) is 6.72. The molecule has 0 aromatic heterocycles. The summed E-state index contributed by atoms with van der Waals surface area (Å²) in [5.74, 6) is -0.0152. The molecule has 0 aliphatic carbocycles. The summed E-state index contributed by atoms with van der Waals surface area (Å²) >= 11 is 0. The Bertz CT molecular complexity index is 661. The number of hydrogen-bond acceptors (Lipinski definition) is 3. The van der Waals surface area contributed by atoms with E-state index in [1.807, 2.05) is 0 Å². The summed E-state index contributed by atoms with van der Waals surface area (Å²) in [6.07, 6.45) is 5.31. The predicted molar refractivity (Wildman–Crippen MR) is 92.5 cm³/mol. The van der Waals surface area contributed by atoms with Crippen LogP contribution in [0.15, 0.2) is 29.2 Å². The molecular formula is C17H26N3O3S+. The van der Waals surface area contributed by atoms with Crippen LogP contribution in [-0.4, -0.2) is 51.4 Å². The molecule has 2 N–H and O–H groups in total. The second-order valence-electron chi connectivity index (χ2n) is 6.67. The molecule has 24 heavy (non-hydrogen) atoms. The molecule has 0 spiro atoms. The quantitative estimate of drug-likeness (QED) is 0.810. The van der Waals surface area contributed by atoms with Gasteiger partial charge in [-0.05, 0) is 37.1 Å². The van der Waals surface area contributed by atoms with Gasteiger partial charge in [-0.1, -0.05) is 6.42 Å². The van der Waals surface area contributed by atoms with E-state index in [4.69, 9.17) is 0 Å². The highest BCUT2D eigenvalue weighted by molar-refractivity contribution is 7.89. The van der Waals surface area contributed by atoms with Crippen molar-refractivity contribution in [3.05, 3.63) is 24.3 Å². The van der Waals surface area contributed by atoms with E-state index in [1.54, 1.807) is 28.6 Å². The number of quaternary nitrogens is 1. The van der Waals surface area contributed by atoms with Crippen LogP contribution in [0.5, 0.6) is 0 Å². The molecule has 2 fully saturated rings. The Hall–Kier alpha value is -1.44. The number of carbonyl (C=O) groups is 1. The molecule has 132 valence electrons. The zero-order valence-electron chi connectivity index (χ0n) is 14.0. The van der Waals surface area contributed by atoms with Crippen LogP contribution in [0.2, 0.25) is 0 Å². The molecule has 2 saturated heterocycles. The number of nitrogens with zero attached hydrogens (tertiary/aromatic N) is 1. The summed E-state index contributed by atoms with van der Waals surface area (Å²) in [4.78, 5) is 13.7. The molecule has 2 aliphatic heterocycles. The van der Waals surface area contributed by atoms with E-state index in [1.165, 1.54) is 17.7 Å². The molecule has 7 heteroatoms. The number of benzene rings is 1. The van der Waals surface area contributed by atoms with Crippen LogP contribution in [0.25, 0.3) is 0 Å². The number of amides is 1. The fraction of sp³-hybridized carbons (Fsp3) is 0.588. The molecule has 1 aromatic rings. The third-order valence-electron chi connectivity index (χ3n) is 4.81. The molecular weight excluding hydrogens is 326 g/mol. The summed E-state index contributed by atoms with van der Waals surface area (Å²) in [7, 11) is -3.41.